The number of ether oxygens (including phenoxy) is 1. The number of nitrogens with zero attached hydrogens (tertiary/aromatic N) is 4. The number of methoxy groups -OCH3 is 1. The van der Waals surface area contributed by atoms with Crippen LogP contribution in [0, 0.1) is 6.92 Å². The van der Waals surface area contributed by atoms with Crippen LogP contribution in [0.3, 0.4) is 0 Å². The van der Waals surface area contributed by atoms with E-state index in [-0.39, 0.29) is 5.91 Å². The van der Waals surface area contributed by atoms with Crippen LogP contribution in [0.25, 0.3) is 22.5 Å². The van der Waals surface area contributed by atoms with Gasteiger partial charge in [-0.15, -0.1) is 5.10 Å². The fraction of sp³-hybridized carbons (Fsp3) is 0.208. The zero-order chi connectivity index (χ0) is 22.1. The van der Waals surface area contributed by atoms with Crippen molar-refractivity contribution in [3.8, 4) is 28.3 Å². The number of carbonyl (C=O) groups excluding carboxylic acids is 1. The van der Waals surface area contributed by atoms with Crippen molar-refractivity contribution in [2.75, 3.05) is 12.4 Å². The molecular formula is C24H22N6O2. The molecular weight excluding hydrogens is 404 g/mol. The van der Waals surface area contributed by atoms with Gasteiger partial charge in [0.2, 0.25) is 5.91 Å². The first-order chi connectivity index (χ1) is 15.6. The second kappa shape index (κ2) is 7.88. The molecule has 0 spiro atoms. The van der Waals surface area contributed by atoms with Gasteiger partial charge in [-0.1, -0.05) is 35.9 Å². The minimum absolute atomic E-state index is 0.000502. The Hall–Kier alpha value is -4.07. The lowest BCUT2D eigenvalue weighted by Crippen LogP contribution is -2.27. The molecule has 2 heterocycles. The van der Waals surface area contributed by atoms with Gasteiger partial charge in [0.05, 0.1) is 18.7 Å². The van der Waals surface area contributed by atoms with Crippen LogP contribution in [0.2, 0.25) is 0 Å². The van der Waals surface area contributed by atoms with E-state index in [1.54, 1.807) is 19.5 Å². The summed E-state index contributed by atoms with van der Waals surface area (Å²) in [5.74, 6) is 1.15. The molecule has 8 heteroatoms. The van der Waals surface area contributed by atoms with Crippen LogP contribution in [0.4, 0.5) is 5.69 Å². The fourth-order valence-corrected chi connectivity index (χ4v) is 3.99. The average molecular weight is 426 g/mol. The van der Waals surface area contributed by atoms with Crippen molar-refractivity contribution in [3.63, 3.8) is 0 Å². The lowest BCUT2D eigenvalue weighted by atomic mass is 9.93. The summed E-state index contributed by atoms with van der Waals surface area (Å²) in [6.07, 6.45) is 5.08. The predicted molar refractivity (Wildman–Crippen MR) is 120 cm³/mol. The highest BCUT2D eigenvalue weighted by molar-refractivity contribution is 6.02. The second-order valence-corrected chi connectivity index (χ2v) is 8.03. The van der Waals surface area contributed by atoms with Gasteiger partial charge in [0.25, 0.3) is 0 Å². The third kappa shape index (κ3) is 3.60. The van der Waals surface area contributed by atoms with Crippen molar-refractivity contribution in [3.05, 3.63) is 72.1 Å². The number of tetrazole rings is 1. The number of aromatic nitrogens is 5. The molecule has 2 aromatic carbocycles. The van der Waals surface area contributed by atoms with Gasteiger partial charge in [-0.25, -0.2) is 5.10 Å². The van der Waals surface area contributed by atoms with E-state index in [4.69, 9.17) is 4.74 Å². The van der Waals surface area contributed by atoms with E-state index in [1.165, 1.54) is 0 Å². The number of nitrogens with one attached hydrogen (secondary N) is 2. The average Bonchev–Trinajstić information content (AvgIpc) is 3.46. The van der Waals surface area contributed by atoms with Crippen molar-refractivity contribution in [1.29, 1.82) is 0 Å². The van der Waals surface area contributed by atoms with Gasteiger partial charge < -0.3 is 10.1 Å². The van der Waals surface area contributed by atoms with Crippen molar-refractivity contribution in [2.24, 2.45) is 0 Å². The highest BCUT2D eigenvalue weighted by Crippen LogP contribution is 2.49. The summed E-state index contributed by atoms with van der Waals surface area (Å²) in [5, 5.41) is 17.4. The smallest absolute Gasteiger partial charge is 0.235 e. The quantitative estimate of drug-likeness (QED) is 0.484. The molecule has 0 aliphatic heterocycles. The van der Waals surface area contributed by atoms with E-state index in [0.29, 0.717) is 17.3 Å². The Morgan fingerprint density at radius 2 is 1.97 bits per heavy atom. The summed E-state index contributed by atoms with van der Waals surface area (Å²) < 4.78 is 5.31. The molecule has 2 N–H and O–H groups in total. The minimum atomic E-state index is -0.463. The number of hydrogen-bond acceptors (Lipinski definition) is 6. The first kappa shape index (κ1) is 19.9. The molecule has 0 radical (unpaired) electrons. The molecule has 0 bridgehead atoms. The molecule has 4 aromatic rings. The maximum atomic E-state index is 13.3. The normalized spacial score (nSPS) is 14.1. The maximum Gasteiger partial charge on any atom is 0.235 e. The van der Waals surface area contributed by atoms with Gasteiger partial charge in [0, 0.05) is 23.0 Å². The van der Waals surface area contributed by atoms with Gasteiger partial charge in [-0.05, 0) is 59.5 Å². The van der Waals surface area contributed by atoms with E-state index in [1.807, 2.05) is 49.4 Å². The van der Waals surface area contributed by atoms with E-state index in [0.717, 1.165) is 40.7 Å². The Morgan fingerprint density at radius 3 is 2.69 bits per heavy atom. The van der Waals surface area contributed by atoms with Crippen LogP contribution in [-0.4, -0.2) is 38.6 Å². The maximum absolute atomic E-state index is 13.3. The molecule has 1 amide bonds. The summed E-state index contributed by atoms with van der Waals surface area (Å²) in [4.78, 5) is 17.5. The molecule has 8 nitrogen and oxygen atoms in total. The molecule has 160 valence electrons. The molecule has 0 saturated heterocycles. The van der Waals surface area contributed by atoms with Gasteiger partial charge in [-0.3, -0.25) is 9.78 Å². The van der Waals surface area contributed by atoms with Gasteiger partial charge in [-0.2, -0.15) is 0 Å². The molecule has 1 aliphatic rings. The molecule has 2 aromatic heterocycles. The van der Waals surface area contributed by atoms with Crippen LogP contribution < -0.4 is 10.1 Å². The summed E-state index contributed by atoms with van der Waals surface area (Å²) in [5.41, 5.74) is 4.91. The van der Waals surface area contributed by atoms with Crippen LogP contribution in [-0.2, 0) is 10.2 Å². The molecule has 32 heavy (non-hydrogen) atoms. The number of aryl methyl sites for hydroxylation is 1. The number of aromatic amines is 1. The van der Waals surface area contributed by atoms with Crippen molar-refractivity contribution >= 4 is 11.6 Å². The highest BCUT2D eigenvalue weighted by Gasteiger charge is 2.51. The van der Waals surface area contributed by atoms with Crippen molar-refractivity contribution in [2.45, 2.75) is 25.2 Å². The lowest BCUT2D eigenvalue weighted by Gasteiger charge is -2.17. The predicted octanol–water partition coefficient (Wildman–Crippen LogP) is 3.92. The van der Waals surface area contributed by atoms with Gasteiger partial charge in [0.15, 0.2) is 5.82 Å². The van der Waals surface area contributed by atoms with Crippen molar-refractivity contribution < 1.29 is 9.53 Å². The summed E-state index contributed by atoms with van der Waals surface area (Å²) >= 11 is 0. The first-order valence-electron chi connectivity index (χ1n) is 10.4. The van der Waals surface area contributed by atoms with E-state index in [2.05, 4.69) is 37.0 Å². The number of amides is 1. The zero-order valence-electron chi connectivity index (χ0n) is 17.8. The molecule has 1 saturated carbocycles. The number of anilines is 1. The van der Waals surface area contributed by atoms with E-state index >= 15 is 0 Å². The third-order valence-electron chi connectivity index (χ3n) is 5.89. The van der Waals surface area contributed by atoms with Gasteiger partial charge >= 0.3 is 0 Å². The standard InChI is InChI=1S/C24H22N6O2/c1-15-4-3-5-17(10-15)24(8-9-24)23(31)26-18-6-7-20(16-11-19(32-2)14-25-13-16)21(12-18)22-27-29-30-28-22/h3-7,10-14H,8-9H2,1-2H3,(H,26,31)(H,27,28,29,30). The fourth-order valence-electron chi connectivity index (χ4n) is 3.99. The Balaban J connectivity index is 1.49. The van der Waals surface area contributed by atoms with E-state index < -0.39 is 5.41 Å². The monoisotopic (exact) mass is 426 g/mol. The van der Waals surface area contributed by atoms with Crippen LogP contribution in [0.5, 0.6) is 5.75 Å². The topological polar surface area (TPSA) is 106 Å². The second-order valence-electron chi connectivity index (χ2n) is 8.03. The first-order valence-corrected chi connectivity index (χ1v) is 10.4. The van der Waals surface area contributed by atoms with Crippen LogP contribution in [0.1, 0.15) is 24.0 Å². The third-order valence-corrected chi connectivity index (χ3v) is 5.89. The molecule has 0 unspecified atom stereocenters. The number of rotatable bonds is 6. The summed E-state index contributed by atoms with van der Waals surface area (Å²) in [6, 6.07) is 15.8. The van der Waals surface area contributed by atoms with E-state index in [9.17, 15) is 4.79 Å². The minimum Gasteiger partial charge on any atom is -0.495 e. The number of benzene rings is 2. The lowest BCUT2D eigenvalue weighted by molar-refractivity contribution is -0.118. The zero-order valence-corrected chi connectivity index (χ0v) is 17.8. The largest absolute Gasteiger partial charge is 0.495 e. The highest BCUT2D eigenvalue weighted by atomic mass is 16.5. The molecule has 1 aliphatic carbocycles. The molecule has 1 fully saturated rings. The Morgan fingerprint density at radius 1 is 1.09 bits per heavy atom. The summed E-state index contributed by atoms with van der Waals surface area (Å²) in [6.45, 7) is 2.04. The SMILES string of the molecule is COc1cncc(-c2ccc(NC(=O)C3(c4cccc(C)c4)CC3)cc2-c2nnn[nH]2)c1. The number of hydrogen-bond donors (Lipinski definition) is 2. The Kier molecular flexibility index (Phi) is 4.89. The molecule has 5 rings (SSSR count). The van der Waals surface area contributed by atoms with Crippen molar-refractivity contribution in [1.82, 2.24) is 25.6 Å². The van der Waals surface area contributed by atoms with Crippen LogP contribution in [0.15, 0.2) is 60.9 Å². The summed E-state index contributed by atoms with van der Waals surface area (Å²) in [7, 11) is 1.60. The Bertz CT molecular complexity index is 1280. The van der Waals surface area contributed by atoms with Gasteiger partial charge in [0.1, 0.15) is 5.75 Å². The Labute approximate surface area is 185 Å². The number of pyridine rings is 1. The van der Waals surface area contributed by atoms with Crippen LogP contribution >= 0.6 is 0 Å². The number of carbonyl (C=O) groups is 1. The number of H-pyrrole nitrogens is 1. The molecule has 0 atom stereocenters.